The lowest BCUT2D eigenvalue weighted by Crippen LogP contribution is -1.73. The van der Waals surface area contributed by atoms with E-state index in [-0.39, 0.29) is 0 Å². The largest absolute Gasteiger partial charge is 0.265 e. The summed E-state index contributed by atoms with van der Waals surface area (Å²) < 4.78 is 0. The molecule has 0 aromatic carbocycles. The summed E-state index contributed by atoms with van der Waals surface area (Å²) in [5.41, 5.74) is 0. The van der Waals surface area contributed by atoms with Gasteiger partial charge in [-0.05, 0) is 12.1 Å². The lowest BCUT2D eigenvalue weighted by molar-refractivity contribution is 1.26. The van der Waals surface area contributed by atoms with Crippen LogP contribution in [0.2, 0.25) is 0 Å². The van der Waals surface area contributed by atoms with E-state index in [9.17, 15) is 0 Å². The molecule has 0 aliphatic carbocycles. The summed E-state index contributed by atoms with van der Waals surface area (Å²) in [5, 5.41) is 8.24. The van der Waals surface area contributed by atoms with Gasteiger partial charge in [0.1, 0.15) is 0 Å². The van der Waals surface area contributed by atoms with Gasteiger partial charge in [-0.15, -0.1) is 11.8 Å². The van der Waals surface area contributed by atoms with E-state index >= 15 is 0 Å². The van der Waals surface area contributed by atoms with E-state index in [0.717, 1.165) is 4.90 Å². The Hall–Kier alpha value is -1.01. The van der Waals surface area contributed by atoms with E-state index < -0.39 is 0 Å². The van der Waals surface area contributed by atoms with Crippen LogP contribution in [0.25, 0.3) is 0 Å². The fraction of sp³-hybridized carbons (Fsp3) is 0.143. The molecule has 3 heteroatoms. The highest BCUT2D eigenvalue weighted by atomic mass is 32.2. The van der Waals surface area contributed by atoms with E-state index in [1.807, 2.05) is 12.1 Å². The number of hydrogen-bond acceptors (Lipinski definition) is 3. The predicted molar refractivity (Wildman–Crippen MR) is 40.6 cm³/mol. The van der Waals surface area contributed by atoms with Crippen LogP contribution >= 0.6 is 11.8 Å². The SMILES string of the molecule is N#CCSc1ccncc1. The summed E-state index contributed by atoms with van der Waals surface area (Å²) in [5.74, 6) is 0.504. The molecule has 0 unspecified atom stereocenters. The average Bonchev–Trinajstić information content (AvgIpc) is 2.03. The molecule has 0 amide bonds. The minimum Gasteiger partial charge on any atom is -0.265 e. The Morgan fingerprint density at radius 3 is 2.80 bits per heavy atom. The van der Waals surface area contributed by atoms with E-state index in [4.69, 9.17) is 5.26 Å². The predicted octanol–water partition coefficient (Wildman–Crippen LogP) is 1.70. The Kier molecular flexibility index (Phi) is 2.78. The third kappa shape index (κ3) is 2.08. The maximum Gasteiger partial charge on any atom is 0.0855 e. The number of aromatic nitrogens is 1. The van der Waals surface area contributed by atoms with Crippen LogP contribution in [0.15, 0.2) is 29.4 Å². The normalized spacial score (nSPS) is 8.70. The van der Waals surface area contributed by atoms with Gasteiger partial charge in [0.15, 0.2) is 0 Å². The van der Waals surface area contributed by atoms with Gasteiger partial charge < -0.3 is 0 Å². The third-order valence-corrected chi connectivity index (χ3v) is 1.83. The molecule has 1 aromatic heterocycles. The topological polar surface area (TPSA) is 36.7 Å². The molecule has 0 aliphatic rings. The van der Waals surface area contributed by atoms with Gasteiger partial charge in [0.05, 0.1) is 11.8 Å². The van der Waals surface area contributed by atoms with Crippen molar-refractivity contribution >= 4 is 11.8 Å². The summed E-state index contributed by atoms with van der Waals surface area (Å²) in [6.07, 6.45) is 3.44. The number of hydrogen-bond donors (Lipinski definition) is 0. The smallest absolute Gasteiger partial charge is 0.0855 e. The molecule has 10 heavy (non-hydrogen) atoms. The molecule has 2 nitrogen and oxygen atoms in total. The lowest BCUT2D eigenvalue weighted by Gasteiger charge is -1.91. The van der Waals surface area contributed by atoms with Crippen molar-refractivity contribution in [1.82, 2.24) is 4.98 Å². The molecule has 0 N–H and O–H groups in total. The molecule has 0 fully saturated rings. The highest BCUT2D eigenvalue weighted by Crippen LogP contribution is 2.14. The van der Waals surface area contributed by atoms with Gasteiger partial charge in [-0.25, -0.2) is 0 Å². The van der Waals surface area contributed by atoms with Crippen LogP contribution < -0.4 is 0 Å². The van der Waals surface area contributed by atoms with Crippen LogP contribution in [0, 0.1) is 11.3 Å². The monoisotopic (exact) mass is 150 g/mol. The van der Waals surface area contributed by atoms with Crippen LogP contribution in [0.1, 0.15) is 0 Å². The molecule has 0 radical (unpaired) electrons. The summed E-state index contributed by atoms with van der Waals surface area (Å²) in [6.45, 7) is 0. The number of thioether (sulfide) groups is 1. The van der Waals surface area contributed by atoms with Gasteiger partial charge in [-0.1, -0.05) is 0 Å². The second-order valence-corrected chi connectivity index (χ2v) is 2.68. The molecular weight excluding hydrogens is 144 g/mol. The van der Waals surface area contributed by atoms with Crippen molar-refractivity contribution in [1.29, 1.82) is 5.26 Å². The van der Waals surface area contributed by atoms with Crippen LogP contribution in [0.4, 0.5) is 0 Å². The number of nitriles is 1. The molecule has 0 atom stereocenters. The maximum absolute atomic E-state index is 8.24. The van der Waals surface area contributed by atoms with Crippen LogP contribution in [-0.2, 0) is 0 Å². The van der Waals surface area contributed by atoms with Gasteiger partial charge >= 0.3 is 0 Å². The Morgan fingerprint density at radius 2 is 2.20 bits per heavy atom. The molecule has 0 bridgehead atoms. The lowest BCUT2D eigenvalue weighted by atomic mass is 10.5. The molecule has 1 heterocycles. The first-order valence-electron chi connectivity index (χ1n) is 2.83. The fourth-order valence-electron chi connectivity index (χ4n) is 0.550. The Morgan fingerprint density at radius 1 is 1.50 bits per heavy atom. The van der Waals surface area contributed by atoms with Crippen molar-refractivity contribution in [3.8, 4) is 6.07 Å². The first-order valence-corrected chi connectivity index (χ1v) is 3.82. The minimum absolute atomic E-state index is 0.504. The average molecular weight is 150 g/mol. The molecule has 0 saturated heterocycles. The molecule has 1 aromatic rings. The van der Waals surface area contributed by atoms with E-state index in [1.165, 1.54) is 11.8 Å². The molecule has 0 spiro atoms. The highest BCUT2D eigenvalue weighted by molar-refractivity contribution is 7.99. The zero-order chi connectivity index (χ0) is 7.23. The van der Waals surface area contributed by atoms with Gasteiger partial charge in [0.25, 0.3) is 0 Å². The Labute approximate surface area is 63.9 Å². The van der Waals surface area contributed by atoms with Crippen molar-refractivity contribution in [3.05, 3.63) is 24.5 Å². The second kappa shape index (κ2) is 3.91. The number of rotatable bonds is 2. The number of pyridine rings is 1. The summed E-state index contributed by atoms with van der Waals surface area (Å²) in [6, 6.07) is 5.84. The van der Waals surface area contributed by atoms with Gasteiger partial charge in [-0.3, -0.25) is 4.98 Å². The van der Waals surface area contributed by atoms with Crippen molar-refractivity contribution in [2.45, 2.75) is 4.90 Å². The van der Waals surface area contributed by atoms with Gasteiger partial charge in [0.2, 0.25) is 0 Å². The first kappa shape index (κ1) is 7.10. The van der Waals surface area contributed by atoms with E-state index in [1.54, 1.807) is 12.4 Å². The zero-order valence-electron chi connectivity index (χ0n) is 5.32. The third-order valence-electron chi connectivity index (χ3n) is 0.953. The zero-order valence-corrected chi connectivity index (χ0v) is 6.14. The van der Waals surface area contributed by atoms with Gasteiger partial charge in [-0.2, -0.15) is 5.26 Å². The molecule has 0 aliphatic heterocycles. The maximum atomic E-state index is 8.24. The van der Waals surface area contributed by atoms with Crippen LogP contribution in [-0.4, -0.2) is 10.7 Å². The van der Waals surface area contributed by atoms with Crippen molar-refractivity contribution in [2.75, 3.05) is 5.75 Å². The summed E-state index contributed by atoms with van der Waals surface area (Å²) >= 11 is 1.52. The fourth-order valence-corrected chi connectivity index (χ4v) is 1.10. The van der Waals surface area contributed by atoms with Crippen LogP contribution in [0.3, 0.4) is 0 Å². The molecule has 1 rings (SSSR count). The van der Waals surface area contributed by atoms with Crippen LogP contribution in [0.5, 0.6) is 0 Å². The Balaban J connectivity index is 2.52. The van der Waals surface area contributed by atoms with Crippen molar-refractivity contribution in [3.63, 3.8) is 0 Å². The second-order valence-electron chi connectivity index (χ2n) is 1.63. The van der Waals surface area contributed by atoms with E-state index in [0.29, 0.717) is 5.75 Å². The highest BCUT2D eigenvalue weighted by Gasteiger charge is 1.88. The molecule has 0 saturated carbocycles. The summed E-state index contributed by atoms with van der Waals surface area (Å²) in [7, 11) is 0. The number of nitrogens with zero attached hydrogens (tertiary/aromatic N) is 2. The van der Waals surface area contributed by atoms with Gasteiger partial charge in [0, 0.05) is 17.3 Å². The van der Waals surface area contributed by atoms with E-state index in [2.05, 4.69) is 11.1 Å². The summed E-state index contributed by atoms with van der Waals surface area (Å²) in [4.78, 5) is 4.95. The Bertz CT molecular complexity index is 227. The first-order chi connectivity index (χ1) is 4.93. The standard InChI is InChI=1S/C7H6N2S/c8-3-6-10-7-1-4-9-5-2-7/h1-2,4-5H,6H2. The van der Waals surface area contributed by atoms with Crippen molar-refractivity contribution < 1.29 is 0 Å². The molecule has 50 valence electrons. The quantitative estimate of drug-likeness (QED) is 0.602. The molecular formula is C7H6N2S. The van der Waals surface area contributed by atoms with Crippen molar-refractivity contribution in [2.24, 2.45) is 0 Å². The minimum atomic E-state index is 0.504.